The lowest BCUT2D eigenvalue weighted by molar-refractivity contribution is -0.153. The number of ether oxygens (including phenoxy) is 2. The Morgan fingerprint density at radius 3 is 2.28 bits per heavy atom. The van der Waals surface area contributed by atoms with Crippen LogP contribution in [-0.4, -0.2) is 90.8 Å². The fraction of sp³-hybridized carbons (Fsp3) is 0.889. The molecule has 0 aromatic carbocycles. The summed E-state index contributed by atoms with van der Waals surface area (Å²) >= 11 is 0. The first kappa shape index (κ1) is 20.0. The maximum Gasteiger partial charge on any atom is 0.410 e. The second-order valence-electron chi connectivity index (χ2n) is 7.97. The molecule has 0 unspecified atom stereocenters. The smallest absolute Gasteiger partial charge is 0.410 e. The molecule has 2 rings (SSSR count). The summed E-state index contributed by atoms with van der Waals surface area (Å²) in [4.78, 5) is 31.1. The van der Waals surface area contributed by atoms with Gasteiger partial charge in [0.2, 0.25) is 0 Å². The first-order chi connectivity index (χ1) is 11.7. The zero-order valence-corrected chi connectivity index (χ0v) is 16.3. The third-order valence-corrected chi connectivity index (χ3v) is 4.79. The standard InChI is InChI=1S/C18H33N3O4/c1-6-24-16(22)15-13-20(17(23)25-18(2,3)4)11-12-21(15)14-7-9-19(5)10-8-14/h14-15H,6-13H2,1-5H3/t15-/m0/s1. The molecule has 0 aromatic heterocycles. The van der Waals surface area contributed by atoms with Gasteiger partial charge in [-0.15, -0.1) is 0 Å². The molecular weight excluding hydrogens is 322 g/mol. The van der Waals surface area contributed by atoms with Crippen LogP contribution in [0.25, 0.3) is 0 Å². The van der Waals surface area contributed by atoms with Gasteiger partial charge in [-0.25, -0.2) is 4.79 Å². The average Bonchev–Trinajstić information content (AvgIpc) is 2.54. The number of piperazine rings is 1. The van der Waals surface area contributed by atoms with Gasteiger partial charge in [-0.3, -0.25) is 9.69 Å². The summed E-state index contributed by atoms with van der Waals surface area (Å²) in [6, 6.07) is -0.0407. The summed E-state index contributed by atoms with van der Waals surface area (Å²) in [7, 11) is 2.12. The molecule has 0 bridgehead atoms. The van der Waals surface area contributed by atoms with Crippen molar-refractivity contribution in [2.24, 2.45) is 0 Å². The van der Waals surface area contributed by atoms with Crippen LogP contribution >= 0.6 is 0 Å². The molecule has 0 N–H and O–H groups in total. The molecule has 2 aliphatic rings. The Morgan fingerprint density at radius 1 is 1.08 bits per heavy atom. The maximum atomic E-state index is 12.5. The summed E-state index contributed by atoms with van der Waals surface area (Å²) < 4.78 is 10.8. The highest BCUT2D eigenvalue weighted by Gasteiger charge is 2.40. The number of carbonyl (C=O) groups is 2. The second kappa shape index (κ2) is 8.36. The lowest BCUT2D eigenvalue weighted by atomic mass is 9.99. The van der Waals surface area contributed by atoms with Gasteiger partial charge in [0, 0.05) is 19.1 Å². The van der Waals surface area contributed by atoms with Gasteiger partial charge in [0.15, 0.2) is 0 Å². The maximum absolute atomic E-state index is 12.5. The molecule has 0 aromatic rings. The molecule has 1 atom stereocenters. The Morgan fingerprint density at radius 2 is 1.72 bits per heavy atom. The number of hydrogen-bond donors (Lipinski definition) is 0. The Kier molecular flexibility index (Phi) is 6.68. The molecule has 2 saturated heterocycles. The molecule has 0 spiro atoms. The highest BCUT2D eigenvalue weighted by Crippen LogP contribution is 2.23. The third kappa shape index (κ3) is 5.57. The van der Waals surface area contributed by atoms with Crippen molar-refractivity contribution in [2.75, 3.05) is 46.4 Å². The highest BCUT2D eigenvalue weighted by atomic mass is 16.6. The molecule has 2 fully saturated rings. The van der Waals surface area contributed by atoms with Crippen molar-refractivity contribution in [3.63, 3.8) is 0 Å². The van der Waals surface area contributed by atoms with E-state index in [0.717, 1.165) is 25.9 Å². The summed E-state index contributed by atoms with van der Waals surface area (Å²) in [5, 5.41) is 0. The predicted molar refractivity (Wildman–Crippen MR) is 95.5 cm³/mol. The van der Waals surface area contributed by atoms with Gasteiger partial charge in [-0.1, -0.05) is 0 Å². The quantitative estimate of drug-likeness (QED) is 0.716. The first-order valence-corrected chi connectivity index (χ1v) is 9.30. The number of hydrogen-bond acceptors (Lipinski definition) is 6. The Hall–Kier alpha value is -1.34. The minimum atomic E-state index is -0.540. The number of piperidine rings is 1. The van der Waals surface area contributed by atoms with Crippen molar-refractivity contribution >= 4 is 12.1 Å². The van der Waals surface area contributed by atoms with Gasteiger partial charge >= 0.3 is 12.1 Å². The molecular formula is C18H33N3O4. The van der Waals surface area contributed by atoms with E-state index >= 15 is 0 Å². The molecule has 1 amide bonds. The fourth-order valence-corrected chi connectivity index (χ4v) is 3.50. The van der Waals surface area contributed by atoms with Crippen molar-refractivity contribution in [3.05, 3.63) is 0 Å². The molecule has 2 aliphatic heterocycles. The Bertz CT molecular complexity index is 469. The summed E-state index contributed by atoms with van der Waals surface area (Å²) in [5.41, 5.74) is -0.540. The zero-order chi connectivity index (χ0) is 18.6. The normalized spacial score (nSPS) is 24.2. The van der Waals surface area contributed by atoms with E-state index in [0.29, 0.717) is 32.3 Å². The monoisotopic (exact) mass is 355 g/mol. The van der Waals surface area contributed by atoms with E-state index in [1.54, 1.807) is 4.90 Å². The number of carbonyl (C=O) groups excluding carboxylic acids is 2. The summed E-state index contributed by atoms with van der Waals surface area (Å²) in [6.07, 6.45) is 1.72. The SMILES string of the molecule is CCOC(=O)[C@@H]1CN(C(=O)OC(C)(C)C)CCN1C1CCN(C)CC1. The molecule has 25 heavy (non-hydrogen) atoms. The van der Waals surface area contributed by atoms with Crippen LogP contribution in [0.1, 0.15) is 40.5 Å². The van der Waals surface area contributed by atoms with E-state index in [-0.39, 0.29) is 12.1 Å². The molecule has 7 heteroatoms. The first-order valence-electron chi connectivity index (χ1n) is 9.30. The lowest BCUT2D eigenvalue weighted by Gasteiger charge is -2.45. The number of nitrogens with zero attached hydrogens (tertiary/aromatic N) is 3. The molecule has 7 nitrogen and oxygen atoms in total. The zero-order valence-electron chi connectivity index (χ0n) is 16.3. The number of amides is 1. The van der Waals surface area contributed by atoms with E-state index in [4.69, 9.17) is 9.47 Å². The van der Waals surface area contributed by atoms with Crippen LogP contribution in [0.4, 0.5) is 4.79 Å². The highest BCUT2D eigenvalue weighted by molar-refractivity contribution is 5.78. The molecule has 2 heterocycles. The van der Waals surface area contributed by atoms with Gasteiger partial charge in [0.05, 0.1) is 13.2 Å². The van der Waals surface area contributed by atoms with Crippen molar-refractivity contribution < 1.29 is 19.1 Å². The van der Waals surface area contributed by atoms with Crippen LogP contribution in [0.2, 0.25) is 0 Å². The lowest BCUT2D eigenvalue weighted by Crippen LogP contribution is -2.62. The predicted octanol–water partition coefficient (Wildman–Crippen LogP) is 1.57. The largest absolute Gasteiger partial charge is 0.465 e. The van der Waals surface area contributed by atoms with Crippen LogP contribution in [0.15, 0.2) is 0 Å². The molecule has 0 aliphatic carbocycles. The van der Waals surface area contributed by atoms with Crippen LogP contribution in [0, 0.1) is 0 Å². The minimum absolute atomic E-state index is 0.241. The Balaban J connectivity index is 2.06. The summed E-state index contributed by atoms with van der Waals surface area (Å²) in [6.45, 7) is 11.4. The van der Waals surface area contributed by atoms with Crippen LogP contribution in [0.3, 0.4) is 0 Å². The van der Waals surface area contributed by atoms with Crippen molar-refractivity contribution in [2.45, 2.75) is 58.2 Å². The van der Waals surface area contributed by atoms with Gasteiger partial charge in [-0.2, -0.15) is 0 Å². The van der Waals surface area contributed by atoms with Crippen LogP contribution < -0.4 is 0 Å². The number of esters is 1. The van der Waals surface area contributed by atoms with E-state index in [1.165, 1.54) is 0 Å². The third-order valence-electron chi connectivity index (χ3n) is 4.79. The van der Waals surface area contributed by atoms with E-state index in [1.807, 2.05) is 27.7 Å². The molecule has 144 valence electrons. The van der Waals surface area contributed by atoms with Gasteiger partial charge in [-0.05, 0) is 60.7 Å². The Labute approximate surface area is 151 Å². The van der Waals surface area contributed by atoms with E-state index in [2.05, 4.69) is 16.8 Å². The van der Waals surface area contributed by atoms with E-state index < -0.39 is 11.6 Å². The van der Waals surface area contributed by atoms with Gasteiger partial charge in [0.25, 0.3) is 0 Å². The van der Waals surface area contributed by atoms with Crippen LogP contribution in [0.5, 0.6) is 0 Å². The van der Waals surface area contributed by atoms with Gasteiger partial charge < -0.3 is 19.3 Å². The molecule has 0 saturated carbocycles. The van der Waals surface area contributed by atoms with Crippen LogP contribution in [-0.2, 0) is 14.3 Å². The average molecular weight is 355 g/mol. The number of rotatable bonds is 3. The second-order valence-corrected chi connectivity index (χ2v) is 7.97. The van der Waals surface area contributed by atoms with Crippen molar-refractivity contribution in [1.82, 2.24) is 14.7 Å². The number of likely N-dealkylation sites (tertiary alicyclic amines) is 1. The van der Waals surface area contributed by atoms with Gasteiger partial charge in [0.1, 0.15) is 11.6 Å². The summed E-state index contributed by atoms with van der Waals surface area (Å²) in [5.74, 6) is -0.241. The van der Waals surface area contributed by atoms with Crippen molar-refractivity contribution in [3.8, 4) is 0 Å². The molecule has 0 radical (unpaired) electrons. The van der Waals surface area contributed by atoms with E-state index in [9.17, 15) is 9.59 Å². The van der Waals surface area contributed by atoms with Crippen molar-refractivity contribution in [1.29, 1.82) is 0 Å². The topological polar surface area (TPSA) is 62.3 Å². The minimum Gasteiger partial charge on any atom is -0.465 e. The fourth-order valence-electron chi connectivity index (χ4n) is 3.50.